The Hall–Kier alpha value is -0.970. The van der Waals surface area contributed by atoms with Crippen molar-refractivity contribution in [2.45, 2.75) is 45.2 Å². The Balaban J connectivity index is 2.04. The van der Waals surface area contributed by atoms with E-state index in [1.807, 2.05) is 4.68 Å². The summed E-state index contributed by atoms with van der Waals surface area (Å²) in [6.07, 6.45) is 3.46. The maximum atomic E-state index is 4.06. The van der Waals surface area contributed by atoms with Crippen LogP contribution in [0.2, 0.25) is 0 Å². The largest absolute Gasteiger partial charge is 0.314 e. The van der Waals surface area contributed by atoms with Gasteiger partial charge in [0.1, 0.15) is 0 Å². The highest BCUT2D eigenvalue weighted by Gasteiger charge is 2.18. The molecular formula is C9H17N5. The van der Waals surface area contributed by atoms with Crippen LogP contribution in [-0.4, -0.2) is 32.8 Å². The Morgan fingerprint density at radius 3 is 3.07 bits per heavy atom. The van der Waals surface area contributed by atoms with Gasteiger partial charge in [-0.2, -0.15) is 0 Å². The number of tetrazole rings is 1. The van der Waals surface area contributed by atoms with E-state index in [1.165, 1.54) is 12.8 Å². The molecule has 1 unspecified atom stereocenters. The van der Waals surface area contributed by atoms with Gasteiger partial charge >= 0.3 is 0 Å². The quantitative estimate of drug-likeness (QED) is 0.765. The summed E-state index contributed by atoms with van der Waals surface area (Å²) in [4.78, 5) is 0. The van der Waals surface area contributed by atoms with Crippen LogP contribution in [0.3, 0.4) is 0 Å². The van der Waals surface area contributed by atoms with Crippen LogP contribution in [0.15, 0.2) is 0 Å². The molecule has 1 aromatic rings. The summed E-state index contributed by atoms with van der Waals surface area (Å²) in [5, 5.41) is 15.2. The third-order valence-electron chi connectivity index (χ3n) is 2.64. The summed E-state index contributed by atoms with van der Waals surface area (Å²) in [7, 11) is 0. The normalized spacial score (nSPS) is 22.1. The highest BCUT2D eigenvalue weighted by molar-refractivity contribution is 4.90. The van der Waals surface area contributed by atoms with E-state index in [2.05, 4.69) is 34.7 Å². The molecule has 1 atom stereocenters. The second kappa shape index (κ2) is 4.04. The second-order valence-corrected chi connectivity index (χ2v) is 4.13. The van der Waals surface area contributed by atoms with Crippen LogP contribution < -0.4 is 5.32 Å². The van der Waals surface area contributed by atoms with E-state index in [9.17, 15) is 0 Å². The fourth-order valence-corrected chi connectivity index (χ4v) is 1.90. The molecule has 0 aromatic carbocycles. The molecule has 5 nitrogen and oxygen atoms in total. The summed E-state index contributed by atoms with van der Waals surface area (Å²) in [6.45, 7) is 5.33. The summed E-state index contributed by atoms with van der Waals surface area (Å²) in [5.74, 6) is 0.999. The number of hydrogen-bond acceptors (Lipinski definition) is 4. The summed E-state index contributed by atoms with van der Waals surface area (Å²) in [5.41, 5.74) is 0. The number of aromatic nitrogens is 4. The van der Waals surface area contributed by atoms with E-state index in [1.54, 1.807) is 0 Å². The topological polar surface area (TPSA) is 55.6 Å². The Morgan fingerprint density at radius 1 is 1.57 bits per heavy atom. The van der Waals surface area contributed by atoms with Gasteiger partial charge in [-0.3, -0.25) is 0 Å². The van der Waals surface area contributed by atoms with Crippen LogP contribution in [0.25, 0.3) is 0 Å². The van der Waals surface area contributed by atoms with E-state index in [-0.39, 0.29) is 0 Å². The average Bonchev–Trinajstić information content (AvgIpc) is 2.75. The molecule has 1 N–H and O–H groups in total. The first-order chi connectivity index (χ1) is 6.77. The summed E-state index contributed by atoms with van der Waals surface area (Å²) < 4.78 is 1.90. The molecule has 0 saturated carbocycles. The van der Waals surface area contributed by atoms with Gasteiger partial charge < -0.3 is 5.32 Å². The maximum absolute atomic E-state index is 4.06. The van der Waals surface area contributed by atoms with E-state index in [0.29, 0.717) is 12.1 Å². The molecule has 0 spiro atoms. The molecule has 0 radical (unpaired) electrons. The standard InChI is InChI=1S/C9H17N5/c1-7(2)14-9(11-12-13-14)6-8-4-3-5-10-8/h7-8,10H,3-6H2,1-2H3. The minimum Gasteiger partial charge on any atom is -0.314 e. The van der Waals surface area contributed by atoms with E-state index >= 15 is 0 Å². The van der Waals surface area contributed by atoms with Crippen molar-refractivity contribution in [2.24, 2.45) is 0 Å². The van der Waals surface area contributed by atoms with E-state index in [0.717, 1.165) is 18.8 Å². The Labute approximate surface area is 83.9 Å². The summed E-state index contributed by atoms with van der Waals surface area (Å²) >= 11 is 0. The molecule has 0 aliphatic carbocycles. The Kier molecular flexibility index (Phi) is 2.77. The third kappa shape index (κ3) is 1.92. The minimum atomic E-state index is 0.349. The number of rotatable bonds is 3. The zero-order valence-electron chi connectivity index (χ0n) is 8.77. The SMILES string of the molecule is CC(C)n1nnnc1CC1CCCN1. The molecule has 0 bridgehead atoms. The second-order valence-electron chi connectivity index (χ2n) is 4.13. The number of nitrogens with one attached hydrogen (secondary N) is 1. The smallest absolute Gasteiger partial charge is 0.153 e. The van der Waals surface area contributed by atoms with Crippen molar-refractivity contribution in [3.63, 3.8) is 0 Å². The van der Waals surface area contributed by atoms with Crippen LogP contribution in [-0.2, 0) is 6.42 Å². The highest BCUT2D eigenvalue weighted by Crippen LogP contribution is 2.12. The molecule has 1 aliphatic rings. The molecule has 0 amide bonds. The number of nitrogens with zero attached hydrogens (tertiary/aromatic N) is 4. The van der Waals surface area contributed by atoms with Gasteiger partial charge in [-0.15, -0.1) is 5.10 Å². The van der Waals surface area contributed by atoms with Gasteiger partial charge in [0.05, 0.1) is 6.04 Å². The van der Waals surface area contributed by atoms with Crippen molar-refractivity contribution >= 4 is 0 Å². The van der Waals surface area contributed by atoms with Crippen LogP contribution in [0.4, 0.5) is 0 Å². The third-order valence-corrected chi connectivity index (χ3v) is 2.64. The molecule has 14 heavy (non-hydrogen) atoms. The maximum Gasteiger partial charge on any atom is 0.153 e. The minimum absolute atomic E-state index is 0.349. The zero-order chi connectivity index (χ0) is 9.97. The van der Waals surface area contributed by atoms with Gasteiger partial charge in [0.25, 0.3) is 0 Å². The fourth-order valence-electron chi connectivity index (χ4n) is 1.90. The molecule has 5 heteroatoms. The van der Waals surface area contributed by atoms with Crippen molar-refractivity contribution in [1.29, 1.82) is 0 Å². The lowest BCUT2D eigenvalue weighted by Gasteiger charge is -2.11. The highest BCUT2D eigenvalue weighted by atomic mass is 15.5. The molecule has 1 fully saturated rings. The van der Waals surface area contributed by atoms with Crippen molar-refractivity contribution in [2.75, 3.05) is 6.54 Å². The molecule has 1 saturated heterocycles. The zero-order valence-corrected chi connectivity index (χ0v) is 8.77. The van der Waals surface area contributed by atoms with Crippen LogP contribution in [0.1, 0.15) is 38.6 Å². The Bertz CT molecular complexity index is 287. The van der Waals surface area contributed by atoms with Crippen molar-refractivity contribution in [3.05, 3.63) is 5.82 Å². The van der Waals surface area contributed by atoms with Crippen LogP contribution >= 0.6 is 0 Å². The molecule has 78 valence electrons. The number of hydrogen-bond donors (Lipinski definition) is 1. The predicted octanol–water partition coefficient (Wildman–Crippen LogP) is 0.548. The lowest BCUT2D eigenvalue weighted by Crippen LogP contribution is -2.25. The van der Waals surface area contributed by atoms with E-state index < -0.39 is 0 Å². The first kappa shape index (κ1) is 9.58. The molecule has 1 aromatic heterocycles. The predicted molar refractivity (Wildman–Crippen MR) is 52.9 cm³/mol. The van der Waals surface area contributed by atoms with Gasteiger partial charge in [0.15, 0.2) is 5.82 Å². The van der Waals surface area contributed by atoms with Crippen molar-refractivity contribution < 1.29 is 0 Å². The molecule has 1 aliphatic heterocycles. The van der Waals surface area contributed by atoms with E-state index in [4.69, 9.17) is 0 Å². The molecule has 2 heterocycles. The van der Waals surface area contributed by atoms with Crippen molar-refractivity contribution in [3.8, 4) is 0 Å². The average molecular weight is 195 g/mol. The first-order valence-corrected chi connectivity index (χ1v) is 5.27. The van der Waals surface area contributed by atoms with Crippen molar-refractivity contribution in [1.82, 2.24) is 25.5 Å². The monoisotopic (exact) mass is 195 g/mol. The summed E-state index contributed by atoms with van der Waals surface area (Å²) in [6, 6.07) is 0.917. The first-order valence-electron chi connectivity index (χ1n) is 5.27. The Morgan fingerprint density at radius 2 is 2.43 bits per heavy atom. The van der Waals surface area contributed by atoms with Gasteiger partial charge in [0.2, 0.25) is 0 Å². The van der Waals surface area contributed by atoms with Gasteiger partial charge in [-0.1, -0.05) is 0 Å². The lowest BCUT2D eigenvalue weighted by atomic mass is 10.1. The van der Waals surface area contributed by atoms with Gasteiger partial charge in [-0.25, -0.2) is 4.68 Å². The van der Waals surface area contributed by atoms with Gasteiger partial charge in [0, 0.05) is 12.5 Å². The molecule has 2 rings (SSSR count). The molecular weight excluding hydrogens is 178 g/mol. The van der Waals surface area contributed by atoms with Crippen LogP contribution in [0, 0.1) is 0 Å². The van der Waals surface area contributed by atoms with Crippen LogP contribution in [0.5, 0.6) is 0 Å². The van der Waals surface area contributed by atoms with Gasteiger partial charge in [-0.05, 0) is 43.7 Å². The lowest BCUT2D eigenvalue weighted by molar-refractivity contribution is 0.474. The fraction of sp³-hybridized carbons (Fsp3) is 0.889.